The molecule has 296 valence electrons. The fraction of sp³-hybridized carbons (Fsp3) is 0.0448. The van der Waals surface area contributed by atoms with Crippen LogP contribution in [0, 0.1) is 0 Å². The Morgan fingerprint density at radius 1 is 0.268 bits per heavy atom. The van der Waals surface area contributed by atoms with Gasteiger partial charge in [0.1, 0.15) is 5.54 Å². The smallest absolute Gasteiger partial charge is 0.169 e. The lowest BCUT2D eigenvalue weighted by Gasteiger charge is -2.50. The maximum Gasteiger partial charge on any atom is 0.169 e. The Balaban J connectivity index is 1.13. The Morgan fingerprint density at radius 3 is 0.718 bits per heavy atom. The summed E-state index contributed by atoms with van der Waals surface area (Å²) < 4.78 is 0. The summed E-state index contributed by atoms with van der Waals surface area (Å²) in [6.07, 6.45) is 0. The largest absolute Gasteiger partial charge is 0.250 e. The van der Waals surface area contributed by atoms with Crippen molar-refractivity contribution in [3.8, 4) is 0 Å². The molecule has 0 amide bonds. The number of benzene rings is 19. The van der Waals surface area contributed by atoms with Gasteiger partial charge in [0.25, 0.3) is 0 Å². The van der Waals surface area contributed by atoms with Crippen molar-refractivity contribution in [1.29, 1.82) is 0 Å². The van der Waals surface area contributed by atoms with E-state index in [0.29, 0.717) is 0 Å². The third kappa shape index (κ3) is 1.43. The third-order valence-corrected chi connectivity index (χ3v) is 26.0. The van der Waals surface area contributed by atoms with Crippen LogP contribution in [0.3, 0.4) is 0 Å². The second kappa shape index (κ2) is 6.06. The molecule has 0 unspecified atom stereocenters. The highest BCUT2D eigenvalue weighted by Gasteiger charge is 2.75. The van der Waals surface area contributed by atoms with Gasteiger partial charge in [-0.2, -0.15) is 5.11 Å². The average Bonchev–Trinajstić information content (AvgIpc) is 4.40. The minimum atomic E-state index is -0.713. The summed E-state index contributed by atoms with van der Waals surface area (Å²) >= 11 is 1.96. The first-order valence-corrected chi connectivity index (χ1v) is 27.1. The lowest BCUT2D eigenvalue weighted by Crippen LogP contribution is -2.55. The molecule has 0 atom stereocenters. The molecule has 2 spiro atoms. The van der Waals surface area contributed by atoms with Crippen molar-refractivity contribution in [3.63, 3.8) is 0 Å². The lowest BCUT2D eigenvalue weighted by atomic mass is 9.58. The molecule has 0 N–H and O–H groups in total. The molecule has 0 bridgehead atoms. The van der Waals surface area contributed by atoms with E-state index >= 15 is 0 Å². The number of hydrogen-bond donors (Lipinski definition) is 0. The molecule has 29 aromatic carbocycles. The summed E-state index contributed by atoms with van der Waals surface area (Å²) in [7, 11) is 0. The Kier molecular flexibility index (Phi) is 2.25. The molecule has 1 aliphatic heterocycles. The van der Waals surface area contributed by atoms with Gasteiger partial charge in [0.15, 0.2) is 5.54 Å². The van der Waals surface area contributed by atoms with Crippen LogP contribution in [0.2, 0.25) is 0 Å². The van der Waals surface area contributed by atoms with Crippen molar-refractivity contribution in [2.45, 2.75) is 16.0 Å². The van der Waals surface area contributed by atoms with Crippen molar-refractivity contribution in [2.24, 2.45) is 10.3 Å². The molecule has 5 aliphatic rings. The summed E-state index contributed by atoms with van der Waals surface area (Å²) in [5.41, 5.74) is 4.93. The molecule has 0 saturated heterocycles. The number of thioether (sulfide) groups is 1. The van der Waals surface area contributed by atoms with Gasteiger partial charge in [-0.15, -0.1) is 11.8 Å². The van der Waals surface area contributed by atoms with Crippen LogP contribution in [0.4, 0.5) is 0 Å². The standard InChI is InChI=1S/C67H7N3S/c1-2-4-7(5-3-1)71-6-70-67-64-58-52-42-30-22-14-10-8-9-12-16(14)24(30)34-28-20(12)21-13(9)17-15-11(8)19-18(10)26-32(22)40-46-36(26)37-27(19)33-23(15)31-25(17)35-29(21)39-38(28)50(44(34)52)60(64)61-51(39)45(35)53-43(31)49-41(33)47(37)55-54(46)62(56(58)48(40)42)66(67,68-69-70)63(55)57(49)59(53)65(61)67/h1-5H,6H2. The fourth-order valence-corrected chi connectivity index (χ4v) is 25.6. The highest BCUT2D eigenvalue weighted by Crippen LogP contribution is 2.85. The maximum atomic E-state index is 6.26. The molecule has 0 saturated carbocycles. The topological polar surface area (TPSA) is 28.0 Å². The van der Waals surface area contributed by atoms with Crippen LogP contribution >= 0.6 is 11.8 Å². The van der Waals surface area contributed by atoms with Gasteiger partial charge in [-0.25, -0.2) is 0 Å². The van der Waals surface area contributed by atoms with E-state index in [1.54, 1.807) is 313 Å². The second-order valence-electron chi connectivity index (χ2n) is 25.3. The van der Waals surface area contributed by atoms with Crippen LogP contribution in [0.15, 0.2) is 45.6 Å². The number of rotatable bonds is 3. The van der Waals surface area contributed by atoms with E-state index in [9.17, 15) is 0 Å². The Bertz CT molecular complexity index is 7240. The van der Waals surface area contributed by atoms with E-state index in [1.807, 2.05) is 11.8 Å². The van der Waals surface area contributed by atoms with Crippen LogP contribution in [0.25, 0.3) is 291 Å². The second-order valence-corrected chi connectivity index (χ2v) is 26.4. The van der Waals surface area contributed by atoms with Gasteiger partial charge >= 0.3 is 0 Å². The van der Waals surface area contributed by atoms with E-state index in [1.165, 1.54) is 4.90 Å². The lowest BCUT2D eigenvalue weighted by molar-refractivity contribution is 0.146. The molecule has 0 aromatic heterocycles. The summed E-state index contributed by atoms with van der Waals surface area (Å²) in [5.74, 6) is 0.743. The monoisotopic (exact) mass is 885 g/mol. The van der Waals surface area contributed by atoms with Gasteiger partial charge in [-0.1, -0.05) is 23.4 Å². The van der Waals surface area contributed by atoms with Crippen LogP contribution in [0.5, 0.6) is 0 Å². The predicted molar refractivity (Wildman–Crippen MR) is 298 cm³/mol. The molecule has 3 nitrogen and oxygen atoms in total. The average molecular weight is 886 g/mol. The van der Waals surface area contributed by atoms with Gasteiger partial charge in [0.05, 0.1) is 5.88 Å². The van der Waals surface area contributed by atoms with E-state index in [0.717, 1.165) is 5.88 Å². The van der Waals surface area contributed by atoms with Crippen LogP contribution in [-0.4, -0.2) is 10.9 Å². The first kappa shape index (κ1) is 26.4. The molecule has 1 heterocycles. The summed E-state index contributed by atoms with van der Waals surface area (Å²) in [4.78, 5) is 1.30. The molecule has 71 heavy (non-hydrogen) atoms. The van der Waals surface area contributed by atoms with Crippen molar-refractivity contribution in [2.75, 3.05) is 5.88 Å². The summed E-state index contributed by atoms with van der Waals surface area (Å²) in [6, 6.07) is 11.2. The van der Waals surface area contributed by atoms with Gasteiger partial charge in [-0.05, 0) is 303 Å². The first-order valence-electron chi connectivity index (χ1n) is 26.1. The summed E-state index contributed by atoms with van der Waals surface area (Å²) in [5, 5.41) is 102. The van der Waals surface area contributed by atoms with E-state index in [4.69, 9.17) is 10.3 Å². The molecule has 4 aliphatic carbocycles. The van der Waals surface area contributed by atoms with Crippen LogP contribution in [0.1, 0.15) is 22.3 Å². The van der Waals surface area contributed by atoms with Gasteiger partial charge < -0.3 is 0 Å². The van der Waals surface area contributed by atoms with E-state index < -0.39 is 11.1 Å². The van der Waals surface area contributed by atoms with Crippen molar-refractivity contribution in [3.05, 3.63) is 52.6 Å². The summed E-state index contributed by atoms with van der Waals surface area (Å²) in [6.45, 7) is 0. The van der Waals surface area contributed by atoms with E-state index in [-0.39, 0.29) is 0 Å². The number of hydrogen-bond acceptors (Lipinski definition) is 4. The zero-order chi connectivity index (χ0) is 42.0. The molecule has 4 heteroatoms. The molecule has 29 aromatic rings. The Morgan fingerprint density at radius 2 is 0.479 bits per heavy atom. The maximum absolute atomic E-state index is 6.26. The minimum absolute atomic E-state index is 0.625. The van der Waals surface area contributed by atoms with E-state index in [2.05, 4.69) is 35.3 Å². The fourth-order valence-electron chi connectivity index (χ4n) is 24.8. The quantitative estimate of drug-likeness (QED) is 0.131. The Hall–Kier alpha value is -8.57. The highest BCUT2D eigenvalue weighted by atomic mass is 32.2. The van der Waals surface area contributed by atoms with Crippen molar-refractivity contribution < 1.29 is 0 Å². The molecular formula is C67H7N3S. The highest BCUT2D eigenvalue weighted by molar-refractivity contribution is 7.99. The first-order chi connectivity index (χ1) is 35.4. The zero-order valence-electron chi connectivity index (χ0n) is 35.8. The Labute approximate surface area is 390 Å². The van der Waals surface area contributed by atoms with Gasteiger partial charge in [-0.3, -0.25) is 5.01 Å². The molecule has 0 fully saturated rings. The SMILES string of the molecule is c1ccc(SCN2N=NC34c5c6c7c8c9c%10c(c%11c%12c3c3c5c5c%13c6c6c7c7c9c9c%14c%10c%10c%11c%11c%12c%12c3c3c5c5c%13c%13c6c6c7c9c7c9c%14c%10c%10c%11c%11c%12c3c3c5c5c%13c6c7c6c9c%10c%11c3c56)C824)cc1. The minimum Gasteiger partial charge on any atom is -0.250 e. The van der Waals surface area contributed by atoms with Gasteiger partial charge in [0, 0.05) is 27.1 Å². The van der Waals surface area contributed by atoms with Crippen LogP contribution in [-0.2, 0) is 11.1 Å². The number of nitrogens with zero attached hydrogens (tertiary/aromatic N) is 3. The van der Waals surface area contributed by atoms with Gasteiger partial charge in [0.2, 0.25) is 0 Å². The normalized spacial score (nSPS) is 22.2. The molecular weight excluding hydrogens is 879 g/mol. The van der Waals surface area contributed by atoms with Crippen molar-refractivity contribution in [1.82, 2.24) is 5.01 Å². The zero-order valence-corrected chi connectivity index (χ0v) is 36.7. The molecule has 34 rings (SSSR count). The third-order valence-electron chi connectivity index (χ3n) is 25.0. The molecule has 0 radical (unpaired) electrons. The predicted octanol–water partition coefficient (Wildman–Crippen LogP) is 18.6. The van der Waals surface area contributed by atoms with Crippen LogP contribution < -0.4 is 0 Å². The van der Waals surface area contributed by atoms with Crippen molar-refractivity contribution >= 4 is 303 Å².